The van der Waals surface area contributed by atoms with Crippen molar-refractivity contribution in [3.63, 3.8) is 0 Å². The van der Waals surface area contributed by atoms with Gasteiger partial charge in [0.15, 0.2) is 0 Å². The number of nitrogens with two attached hydrogens (primary N) is 4. The summed E-state index contributed by atoms with van der Waals surface area (Å²) < 4.78 is 0. The molecule has 5 amide bonds. The molecule has 0 aliphatic carbocycles. The van der Waals surface area contributed by atoms with E-state index in [1.807, 2.05) is 0 Å². The molecule has 0 saturated heterocycles. The van der Waals surface area contributed by atoms with E-state index in [0.29, 0.717) is 19.4 Å². The summed E-state index contributed by atoms with van der Waals surface area (Å²) in [4.78, 5) is 70.3. The number of rotatable bonds is 15. The fourth-order valence-corrected chi connectivity index (χ4v) is 2.41. The lowest BCUT2D eigenvalue weighted by molar-refractivity contribution is -0.142. The Morgan fingerprint density at radius 2 is 1.32 bits per heavy atom. The van der Waals surface area contributed by atoms with Crippen LogP contribution in [0.4, 0.5) is 0 Å². The highest BCUT2D eigenvalue weighted by Gasteiger charge is 2.30. The number of carboxylic acids is 1. The predicted molar refractivity (Wildman–Crippen MR) is 108 cm³/mol. The van der Waals surface area contributed by atoms with Crippen LogP contribution in [0.1, 0.15) is 39.0 Å². The van der Waals surface area contributed by atoms with Crippen LogP contribution in [0.25, 0.3) is 0 Å². The van der Waals surface area contributed by atoms with Crippen LogP contribution in [0.15, 0.2) is 0 Å². The van der Waals surface area contributed by atoms with E-state index in [0.717, 1.165) is 0 Å². The number of hydrogen-bond donors (Lipinski definition) is 8. The first kappa shape index (κ1) is 27.7. The normalized spacial score (nSPS) is 14.4. The maximum Gasteiger partial charge on any atom is 0.325 e. The Hall–Kier alpha value is -3.26. The van der Waals surface area contributed by atoms with Crippen LogP contribution in [-0.4, -0.2) is 71.3 Å². The Labute approximate surface area is 178 Å². The van der Waals surface area contributed by atoms with Crippen LogP contribution in [-0.2, 0) is 28.8 Å². The summed E-state index contributed by atoms with van der Waals surface area (Å²) in [7, 11) is 0. The second-order valence-electron chi connectivity index (χ2n) is 6.92. The number of unbranched alkanes of at least 4 members (excludes halogenated alkanes) is 1. The second kappa shape index (κ2) is 13.9. The van der Waals surface area contributed by atoms with E-state index in [4.69, 9.17) is 28.0 Å². The van der Waals surface area contributed by atoms with Crippen LogP contribution >= 0.6 is 0 Å². The lowest BCUT2D eigenvalue weighted by atomic mass is 10.1. The van der Waals surface area contributed by atoms with Crippen molar-refractivity contribution in [1.29, 1.82) is 0 Å². The molecule has 0 aromatic rings. The largest absolute Gasteiger partial charge is 0.480 e. The molecule has 0 saturated carbocycles. The number of carbonyl (C=O) groups is 6. The maximum atomic E-state index is 12.6. The molecule has 0 aliphatic rings. The molecule has 0 radical (unpaired) electrons. The molecule has 31 heavy (non-hydrogen) atoms. The molecular weight excluding hydrogens is 414 g/mol. The SMILES string of the molecule is CC(NC(=O)C(CCCCN)NC(=O)C(CC(N)=O)NC(=O)C(N)CC(N)=O)C(=O)O. The summed E-state index contributed by atoms with van der Waals surface area (Å²) in [6, 6.07) is -5.21. The minimum atomic E-state index is -1.48. The highest BCUT2D eigenvalue weighted by molar-refractivity contribution is 5.96. The standard InChI is InChI=1S/C17H31N7O7/c1-8(17(30)31)22-15(28)10(4-2-3-5-18)23-16(29)11(7-13(21)26)24-14(27)9(19)6-12(20)25/h8-11H,2-7,18-19H2,1H3,(H2,20,25)(H2,21,26)(H,22,28)(H,23,29)(H,24,27)(H,30,31). The minimum Gasteiger partial charge on any atom is -0.480 e. The average Bonchev–Trinajstić information content (AvgIpc) is 2.65. The van der Waals surface area contributed by atoms with Crippen LogP contribution in [0.2, 0.25) is 0 Å². The molecule has 4 atom stereocenters. The molecule has 4 unspecified atom stereocenters. The number of hydrogen-bond acceptors (Lipinski definition) is 8. The summed E-state index contributed by atoms with van der Waals surface area (Å²) in [6.45, 7) is 1.58. The molecule has 0 fully saturated rings. The van der Waals surface area contributed by atoms with E-state index in [9.17, 15) is 28.8 Å². The van der Waals surface area contributed by atoms with Gasteiger partial charge < -0.3 is 44.0 Å². The topological polar surface area (TPSA) is 263 Å². The van der Waals surface area contributed by atoms with Gasteiger partial charge in [0.05, 0.1) is 18.9 Å². The molecule has 14 heteroatoms. The van der Waals surface area contributed by atoms with Crippen molar-refractivity contribution in [2.75, 3.05) is 6.54 Å². The number of nitrogens with one attached hydrogen (secondary N) is 3. The van der Waals surface area contributed by atoms with Crippen molar-refractivity contribution in [2.24, 2.45) is 22.9 Å². The van der Waals surface area contributed by atoms with Crippen LogP contribution < -0.4 is 38.9 Å². The zero-order valence-electron chi connectivity index (χ0n) is 17.3. The summed E-state index contributed by atoms with van der Waals surface area (Å²) >= 11 is 0. The lowest BCUT2D eigenvalue weighted by Gasteiger charge is -2.24. The predicted octanol–water partition coefficient (Wildman–Crippen LogP) is -4.25. The van der Waals surface area contributed by atoms with Gasteiger partial charge in [0.25, 0.3) is 0 Å². The first-order valence-corrected chi connectivity index (χ1v) is 9.55. The van der Waals surface area contributed by atoms with Crippen molar-refractivity contribution >= 4 is 35.5 Å². The third-order valence-corrected chi connectivity index (χ3v) is 4.11. The average molecular weight is 445 g/mol. The third kappa shape index (κ3) is 11.5. The van der Waals surface area contributed by atoms with Gasteiger partial charge in [-0.3, -0.25) is 28.8 Å². The van der Waals surface area contributed by atoms with Gasteiger partial charge in [0.2, 0.25) is 29.5 Å². The Morgan fingerprint density at radius 1 is 0.806 bits per heavy atom. The zero-order valence-corrected chi connectivity index (χ0v) is 17.3. The maximum absolute atomic E-state index is 12.6. The molecule has 0 aliphatic heterocycles. The Bertz CT molecular complexity index is 686. The minimum absolute atomic E-state index is 0.125. The molecule has 0 bridgehead atoms. The van der Waals surface area contributed by atoms with Crippen molar-refractivity contribution in [3.8, 4) is 0 Å². The van der Waals surface area contributed by atoms with Gasteiger partial charge in [0, 0.05) is 0 Å². The Kier molecular flexibility index (Phi) is 12.4. The first-order valence-electron chi connectivity index (χ1n) is 9.55. The summed E-state index contributed by atoms with van der Waals surface area (Å²) in [5.41, 5.74) is 21.0. The molecule has 0 spiro atoms. The number of aliphatic carboxylic acids is 1. The van der Waals surface area contributed by atoms with Gasteiger partial charge in [-0.1, -0.05) is 0 Å². The Morgan fingerprint density at radius 3 is 1.81 bits per heavy atom. The molecule has 0 aromatic heterocycles. The van der Waals surface area contributed by atoms with E-state index < -0.39 is 72.5 Å². The van der Waals surface area contributed by atoms with Gasteiger partial charge in [-0.15, -0.1) is 0 Å². The number of primary amides is 2. The molecule has 0 heterocycles. The van der Waals surface area contributed by atoms with E-state index in [1.54, 1.807) is 0 Å². The molecule has 0 aromatic carbocycles. The first-order chi connectivity index (χ1) is 14.4. The van der Waals surface area contributed by atoms with E-state index in [1.165, 1.54) is 6.92 Å². The third-order valence-electron chi connectivity index (χ3n) is 4.11. The number of amides is 5. The van der Waals surface area contributed by atoms with Crippen molar-refractivity contribution in [1.82, 2.24) is 16.0 Å². The second-order valence-corrected chi connectivity index (χ2v) is 6.92. The van der Waals surface area contributed by atoms with Crippen LogP contribution in [0.3, 0.4) is 0 Å². The lowest BCUT2D eigenvalue weighted by Crippen LogP contribution is -2.57. The molecule has 12 N–H and O–H groups in total. The summed E-state index contributed by atoms with van der Waals surface area (Å²) in [5, 5.41) is 15.7. The molecule has 176 valence electrons. The number of carboxylic acid groups (broad SMARTS) is 1. The quantitative estimate of drug-likeness (QED) is 0.113. The fraction of sp³-hybridized carbons (Fsp3) is 0.647. The van der Waals surface area contributed by atoms with Gasteiger partial charge >= 0.3 is 5.97 Å². The highest BCUT2D eigenvalue weighted by atomic mass is 16.4. The molecule has 14 nitrogen and oxygen atoms in total. The van der Waals surface area contributed by atoms with Gasteiger partial charge in [0.1, 0.15) is 18.1 Å². The van der Waals surface area contributed by atoms with Crippen LogP contribution in [0.5, 0.6) is 0 Å². The highest BCUT2D eigenvalue weighted by Crippen LogP contribution is 2.04. The number of carbonyl (C=O) groups excluding carboxylic acids is 5. The zero-order chi connectivity index (χ0) is 24.1. The smallest absolute Gasteiger partial charge is 0.325 e. The van der Waals surface area contributed by atoms with E-state index in [2.05, 4.69) is 16.0 Å². The van der Waals surface area contributed by atoms with E-state index in [-0.39, 0.29) is 6.42 Å². The summed E-state index contributed by atoms with van der Waals surface area (Å²) in [6.07, 6.45) is 0.00121. The van der Waals surface area contributed by atoms with Crippen molar-refractivity contribution in [2.45, 2.75) is 63.2 Å². The summed E-state index contributed by atoms with van der Waals surface area (Å²) in [5.74, 6) is -5.66. The van der Waals surface area contributed by atoms with Crippen molar-refractivity contribution < 1.29 is 33.9 Å². The van der Waals surface area contributed by atoms with E-state index >= 15 is 0 Å². The van der Waals surface area contributed by atoms with Gasteiger partial charge in [-0.05, 0) is 32.7 Å². The monoisotopic (exact) mass is 445 g/mol. The Balaban J connectivity index is 5.37. The molecule has 0 rings (SSSR count). The van der Waals surface area contributed by atoms with Gasteiger partial charge in [-0.2, -0.15) is 0 Å². The van der Waals surface area contributed by atoms with Crippen LogP contribution in [0, 0.1) is 0 Å². The fourth-order valence-electron chi connectivity index (χ4n) is 2.41. The van der Waals surface area contributed by atoms with Crippen molar-refractivity contribution in [3.05, 3.63) is 0 Å². The van der Waals surface area contributed by atoms with Gasteiger partial charge in [-0.25, -0.2) is 0 Å². The molecular formula is C17H31N7O7.